The van der Waals surface area contributed by atoms with Gasteiger partial charge in [0.15, 0.2) is 12.6 Å². The van der Waals surface area contributed by atoms with Crippen LogP contribution in [-0.4, -0.2) is 46.7 Å². The Balaban J connectivity index is 2.98. The summed E-state index contributed by atoms with van der Waals surface area (Å²) < 4.78 is 0. The van der Waals surface area contributed by atoms with E-state index in [9.17, 15) is 24.6 Å². The largest absolute Gasteiger partial charge is 0.480 e. The first kappa shape index (κ1) is 17.6. The second-order valence-corrected chi connectivity index (χ2v) is 4.62. The van der Waals surface area contributed by atoms with Gasteiger partial charge in [0.05, 0.1) is 6.10 Å². The minimum absolute atomic E-state index is 0.386. The van der Waals surface area contributed by atoms with Crippen LogP contribution in [0.15, 0.2) is 30.3 Å². The summed E-state index contributed by atoms with van der Waals surface area (Å²) in [4.78, 5) is 34.5. The zero-order valence-electron chi connectivity index (χ0n) is 11.9. The molecule has 0 spiro atoms. The van der Waals surface area contributed by atoms with Crippen LogP contribution in [0.4, 0.5) is 0 Å². The van der Waals surface area contributed by atoms with Gasteiger partial charge in [-0.2, -0.15) is 0 Å². The molecular weight excluding hydrogens is 292 g/mol. The molecule has 8 heteroatoms. The summed E-state index contributed by atoms with van der Waals surface area (Å²) in [5.74, 6) is -3.14. The average Bonchev–Trinajstić information content (AvgIpc) is 2.49. The Labute approximate surface area is 126 Å². The van der Waals surface area contributed by atoms with Crippen molar-refractivity contribution in [3.05, 3.63) is 35.9 Å². The molecule has 1 aromatic carbocycles. The first-order chi connectivity index (χ1) is 10.4. The molecule has 0 saturated carbocycles. The van der Waals surface area contributed by atoms with Crippen molar-refractivity contribution in [2.75, 3.05) is 6.61 Å². The normalized spacial score (nSPS) is 14.5. The number of nitrogens with one attached hydrogen (secondary N) is 2. The number of rotatable bonds is 7. The average molecular weight is 309 g/mol. The Bertz CT molecular complexity index is 531. The zero-order valence-corrected chi connectivity index (χ0v) is 11.9. The van der Waals surface area contributed by atoms with E-state index in [0.29, 0.717) is 5.56 Å². The van der Waals surface area contributed by atoms with Crippen molar-refractivity contribution in [3.63, 3.8) is 0 Å². The molecule has 0 aliphatic rings. The molecule has 0 aliphatic carbocycles. The molecule has 0 saturated heterocycles. The van der Waals surface area contributed by atoms with Crippen LogP contribution in [0.2, 0.25) is 0 Å². The van der Waals surface area contributed by atoms with Gasteiger partial charge >= 0.3 is 5.97 Å². The van der Waals surface area contributed by atoms with E-state index in [1.807, 2.05) is 0 Å². The number of hydrogen-bond acceptors (Lipinski definition) is 4. The van der Waals surface area contributed by atoms with Crippen molar-refractivity contribution < 1.29 is 29.7 Å². The third-order valence-electron chi connectivity index (χ3n) is 2.88. The topological polar surface area (TPSA) is 136 Å². The number of carboxylic acid groups (broad SMARTS) is 1. The lowest BCUT2D eigenvalue weighted by Crippen LogP contribution is -2.51. The molecule has 0 aromatic heterocycles. The number of benzene rings is 1. The highest BCUT2D eigenvalue weighted by Gasteiger charge is 2.30. The van der Waals surface area contributed by atoms with Gasteiger partial charge < -0.3 is 20.8 Å². The van der Waals surface area contributed by atoms with Gasteiger partial charge in [0.2, 0.25) is 11.8 Å². The monoisotopic (exact) mass is 309 g/mol. The van der Waals surface area contributed by atoms with E-state index in [1.165, 1.54) is 6.92 Å². The predicted octanol–water partition coefficient (Wildman–Crippen LogP) is -0.775. The number of hydrogen-bond donors (Lipinski definition) is 4. The standard InChI is InChI=1S/C14H17N2O6/c1-8(18)11(14(21)22)16-13(20)12(15-10(19)7-17)9-5-3-2-4-6-9/h2-6,8,11-12,18H,7H2,1H3,(H,15,19)(H,16,20)(H,21,22)/t8?,11?,12-/m1/s1. The quantitative estimate of drug-likeness (QED) is 0.524. The predicted molar refractivity (Wildman–Crippen MR) is 74.1 cm³/mol. The fourth-order valence-electron chi connectivity index (χ4n) is 1.77. The number of aliphatic hydroxyl groups excluding tert-OH is 1. The van der Waals surface area contributed by atoms with Crippen molar-refractivity contribution in [3.8, 4) is 0 Å². The second kappa shape index (κ2) is 8.11. The fourth-order valence-corrected chi connectivity index (χ4v) is 1.77. The Kier molecular flexibility index (Phi) is 6.48. The van der Waals surface area contributed by atoms with Crippen LogP contribution >= 0.6 is 0 Å². The molecule has 0 bridgehead atoms. The van der Waals surface area contributed by atoms with Gasteiger partial charge in [-0.05, 0) is 12.5 Å². The fraction of sp³-hybridized carbons (Fsp3) is 0.357. The summed E-state index contributed by atoms with van der Waals surface area (Å²) in [6, 6.07) is 5.31. The van der Waals surface area contributed by atoms with Crippen LogP contribution in [0.25, 0.3) is 0 Å². The molecule has 0 fully saturated rings. The SMILES string of the molecule is CC(O)C(NC(=O)[C@H](NC(=O)C[O])c1ccccc1)C(=O)O. The molecule has 0 aliphatic heterocycles. The lowest BCUT2D eigenvalue weighted by molar-refractivity contribution is -0.145. The number of aliphatic carboxylic acids is 1. The molecule has 119 valence electrons. The molecule has 3 atom stereocenters. The molecule has 4 N–H and O–H groups in total. The van der Waals surface area contributed by atoms with Gasteiger partial charge in [0.1, 0.15) is 6.04 Å². The minimum atomic E-state index is -1.53. The van der Waals surface area contributed by atoms with Crippen LogP contribution in [0.5, 0.6) is 0 Å². The molecule has 1 radical (unpaired) electrons. The van der Waals surface area contributed by atoms with Crippen molar-refractivity contribution in [2.45, 2.75) is 25.1 Å². The number of aliphatic hydroxyl groups is 1. The first-order valence-corrected chi connectivity index (χ1v) is 6.50. The maximum absolute atomic E-state index is 12.2. The van der Waals surface area contributed by atoms with E-state index in [0.717, 1.165) is 0 Å². The highest BCUT2D eigenvalue weighted by molar-refractivity contribution is 5.91. The third-order valence-corrected chi connectivity index (χ3v) is 2.88. The molecule has 1 rings (SSSR count). The van der Waals surface area contributed by atoms with Gasteiger partial charge in [0, 0.05) is 0 Å². The smallest absolute Gasteiger partial charge is 0.328 e. The van der Waals surface area contributed by atoms with Crippen LogP contribution in [0, 0.1) is 0 Å². The lowest BCUT2D eigenvalue weighted by Gasteiger charge is -2.22. The van der Waals surface area contributed by atoms with Gasteiger partial charge in [0.25, 0.3) is 0 Å². The summed E-state index contributed by atoms with van der Waals surface area (Å²) in [6.45, 7) is 0.155. The highest BCUT2D eigenvalue weighted by atomic mass is 16.4. The maximum atomic E-state index is 12.2. The molecule has 22 heavy (non-hydrogen) atoms. The van der Waals surface area contributed by atoms with E-state index in [2.05, 4.69) is 10.6 Å². The van der Waals surface area contributed by atoms with Crippen LogP contribution < -0.4 is 10.6 Å². The number of amides is 2. The molecule has 0 heterocycles. The summed E-state index contributed by atoms with van der Waals surface area (Å²) >= 11 is 0. The van der Waals surface area contributed by atoms with Gasteiger partial charge in [-0.1, -0.05) is 30.3 Å². The molecular formula is C14H17N2O6. The number of carbonyl (C=O) groups excluding carboxylic acids is 2. The molecule has 2 amide bonds. The Hall–Kier alpha value is -2.45. The van der Waals surface area contributed by atoms with Crippen molar-refractivity contribution >= 4 is 17.8 Å². The zero-order chi connectivity index (χ0) is 16.7. The van der Waals surface area contributed by atoms with Gasteiger partial charge in [-0.15, -0.1) is 0 Å². The second-order valence-electron chi connectivity index (χ2n) is 4.62. The van der Waals surface area contributed by atoms with Crippen molar-refractivity contribution in [1.29, 1.82) is 0 Å². The third kappa shape index (κ3) is 4.83. The highest BCUT2D eigenvalue weighted by Crippen LogP contribution is 2.13. The lowest BCUT2D eigenvalue weighted by atomic mass is 10.0. The van der Waals surface area contributed by atoms with Crippen molar-refractivity contribution in [1.82, 2.24) is 10.6 Å². The van der Waals surface area contributed by atoms with Crippen LogP contribution in [0.3, 0.4) is 0 Å². The van der Waals surface area contributed by atoms with E-state index in [-0.39, 0.29) is 0 Å². The van der Waals surface area contributed by atoms with Crippen LogP contribution in [-0.2, 0) is 19.5 Å². The first-order valence-electron chi connectivity index (χ1n) is 6.50. The minimum Gasteiger partial charge on any atom is -0.480 e. The summed E-state index contributed by atoms with van der Waals surface area (Å²) in [7, 11) is 0. The molecule has 8 nitrogen and oxygen atoms in total. The van der Waals surface area contributed by atoms with E-state index >= 15 is 0 Å². The van der Waals surface area contributed by atoms with Gasteiger partial charge in [-0.3, -0.25) is 9.59 Å². The summed E-state index contributed by atoms with van der Waals surface area (Å²) in [6.07, 6.45) is -1.33. The van der Waals surface area contributed by atoms with Crippen molar-refractivity contribution in [2.24, 2.45) is 0 Å². The Morgan fingerprint density at radius 3 is 2.18 bits per heavy atom. The van der Waals surface area contributed by atoms with E-state index < -0.39 is 42.6 Å². The van der Waals surface area contributed by atoms with Crippen LogP contribution in [0.1, 0.15) is 18.5 Å². The Morgan fingerprint density at radius 2 is 1.73 bits per heavy atom. The summed E-state index contributed by atoms with van der Waals surface area (Å²) in [5, 5.41) is 33.3. The number of carboxylic acids is 1. The Morgan fingerprint density at radius 1 is 1.14 bits per heavy atom. The number of carbonyl (C=O) groups is 3. The summed E-state index contributed by atoms with van der Waals surface area (Å²) in [5.41, 5.74) is 0.386. The molecule has 2 unspecified atom stereocenters. The molecule has 1 aromatic rings. The van der Waals surface area contributed by atoms with E-state index in [1.54, 1.807) is 30.3 Å². The van der Waals surface area contributed by atoms with E-state index in [4.69, 9.17) is 5.11 Å². The van der Waals surface area contributed by atoms with Gasteiger partial charge in [-0.25, -0.2) is 9.90 Å². The maximum Gasteiger partial charge on any atom is 0.328 e.